The maximum absolute atomic E-state index is 13.4. The number of nitrogens with zero attached hydrogens (tertiary/aromatic N) is 6. The molecule has 16 nitrogen and oxygen atoms in total. The van der Waals surface area contributed by atoms with Crippen LogP contribution >= 0.6 is 0 Å². The molecule has 2 aromatic heterocycles. The van der Waals surface area contributed by atoms with E-state index in [9.17, 15) is 21.6 Å². The molecule has 0 radical (unpaired) electrons. The third-order valence-electron chi connectivity index (χ3n) is 8.95. The van der Waals surface area contributed by atoms with E-state index in [-0.39, 0.29) is 48.6 Å². The fraction of sp³-hybridized carbons (Fsp3) is 0.244. The van der Waals surface area contributed by atoms with Crippen molar-refractivity contribution in [1.29, 1.82) is 0 Å². The van der Waals surface area contributed by atoms with E-state index in [2.05, 4.69) is 10.2 Å². The molecule has 0 bridgehead atoms. The Morgan fingerprint density at radius 1 is 0.525 bits per heavy atom. The average molecular weight is 847 g/mol. The molecule has 4 aromatic carbocycles. The van der Waals surface area contributed by atoms with E-state index in [4.69, 9.17) is 23.7 Å². The van der Waals surface area contributed by atoms with Gasteiger partial charge < -0.3 is 23.7 Å². The van der Waals surface area contributed by atoms with Gasteiger partial charge in [0.15, 0.2) is 10.1 Å². The second-order valence-electron chi connectivity index (χ2n) is 12.9. The fourth-order valence-corrected chi connectivity index (χ4v) is 8.44. The monoisotopic (exact) mass is 846 g/mol. The Kier molecular flexibility index (Phi) is 14.9. The fourth-order valence-electron chi connectivity index (χ4n) is 5.70. The first-order chi connectivity index (χ1) is 28.3. The molecule has 0 unspecified atom stereocenters. The normalized spacial score (nSPS) is 11.5. The molecule has 6 rings (SSSR count). The van der Waals surface area contributed by atoms with E-state index in [1.54, 1.807) is 90.2 Å². The molecule has 2 heterocycles. The van der Waals surface area contributed by atoms with Gasteiger partial charge in [0.25, 0.3) is 26.5 Å². The van der Waals surface area contributed by atoms with Crippen molar-refractivity contribution in [3.8, 4) is 28.9 Å². The van der Waals surface area contributed by atoms with Crippen LogP contribution in [0.3, 0.4) is 0 Å². The van der Waals surface area contributed by atoms with Gasteiger partial charge in [-0.15, -0.1) is 0 Å². The summed E-state index contributed by atoms with van der Waals surface area (Å²) in [6.45, 7) is 0.876. The third-order valence-corrected chi connectivity index (χ3v) is 12.3. The Balaban J connectivity index is 0.000000225. The second kappa shape index (κ2) is 20.0. The predicted molar refractivity (Wildman–Crippen MR) is 218 cm³/mol. The van der Waals surface area contributed by atoms with Crippen LogP contribution in [0.15, 0.2) is 125 Å². The number of aryl methyl sites for hydroxylation is 2. The minimum atomic E-state index is -4.01. The number of carbonyl (C=O) groups is 1. The third kappa shape index (κ3) is 11.5. The molecule has 0 N–H and O–H groups in total. The van der Waals surface area contributed by atoms with Crippen molar-refractivity contribution in [3.63, 3.8) is 0 Å². The molecule has 0 aliphatic heterocycles. The summed E-state index contributed by atoms with van der Waals surface area (Å²) in [5, 5.41) is 7.92. The Morgan fingerprint density at radius 3 is 1.15 bits per heavy atom. The largest absolute Gasteiger partial charge is 0.497 e. The summed E-state index contributed by atoms with van der Waals surface area (Å²) in [5.74, 6) is 2.82. The summed E-state index contributed by atoms with van der Waals surface area (Å²) in [5.41, 5.74) is 3.26. The van der Waals surface area contributed by atoms with Crippen molar-refractivity contribution in [2.45, 2.75) is 36.2 Å². The zero-order chi connectivity index (χ0) is 42.6. The summed E-state index contributed by atoms with van der Waals surface area (Å²) in [4.78, 5) is 10.7. The quantitative estimate of drug-likeness (QED) is 0.104. The predicted octanol–water partition coefficient (Wildman–Crippen LogP) is 5.19. The molecule has 0 aliphatic carbocycles. The number of benzene rings is 4. The summed E-state index contributed by atoms with van der Waals surface area (Å²) >= 11 is 0. The van der Waals surface area contributed by atoms with Crippen LogP contribution in [-0.2, 0) is 65.1 Å². The van der Waals surface area contributed by atoms with Gasteiger partial charge in [0, 0.05) is 52.5 Å². The highest BCUT2D eigenvalue weighted by molar-refractivity contribution is 7.89. The molecule has 59 heavy (non-hydrogen) atoms. The Bertz CT molecular complexity index is 2390. The Morgan fingerprint density at radius 2 is 0.864 bits per heavy atom. The maximum atomic E-state index is 13.4. The van der Waals surface area contributed by atoms with E-state index in [0.717, 1.165) is 33.8 Å². The van der Waals surface area contributed by atoms with Crippen molar-refractivity contribution >= 4 is 26.5 Å². The smallest absolute Gasteiger partial charge is 0.299 e. The van der Waals surface area contributed by atoms with E-state index in [1.807, 2.05) is 48.5 Å². The minimum absolute atomic E-state index is 0.0250. The van der Waals surface area contributed by atoms with Gasteiger partial charge in [0.05, 0.1) is 28.4 Å². The van der Waals surface area contributed by atoms with Crippen LogP contribution in [-0.4, -0.2) is 79.9 Å². The van der Waals surface area contributed by atoms with Gasteiger partial charge >= 0.3 is 0 Å². The molecule has 0 spiro atoms. The summed E-state index contributed by atoms with van der Waals surface area (Å²) in [7, 11) is 1.73. The molecule has 0 saturated carbocycles. The van der Waals surface area contributed by atoms with E-state index in [1.165, 1.54) is 37.2 Å². The Labute approximate surface area is 344 Å². The summed E-state index contributed by atoms with van der Waals surface area (Å²) in [6, 6.07) is 31.7. The van der Waals surface area contributed by atoms with Crippen molar-refractivity contribution in [3.05, 3.63) is 138 Å². The van der Waals surface area contributed by atoms with Gasteiger partial charge in [0.2, 0.25) is 5.88 Å². The van der Waals surface area contributed by atoms with Crippen molar-refractivity contribution in [2.24, 2.45) is 14.1 Å². The molecule has 0 aliphatic rings. The van der Waals surface area contributed by atoms with E-state index >= 15 is 0 Å². The number of sulfonamides is 2. The lowest BCUT2D eigenvalue weighted by atomic mass is 10.2. The first-order valence-electron chi connectivity index (χ1n) is 18.0. The van der Waals surface area contributed by atoms with Gasteiger partial charge in [-0.25, -0.2) is 21.5 Å². The zero-order valence-electron chi connectivity index (χ0n) is 33.5. The number of methoxy groups -OCH3 is 4. The SMILES string of the molecule is COc1ccc(CN(Cc2ccc(OC)cc2)S(=O)(=O)c2cc(OC=O)n(C)n2)cc1.COc1ccc(CN(Cc2ccc(OC)cc2)S(=O)(=O)c2ccn(C)n2)cc1. The average Bonchev–Trinajstić information content (AvgIpc) is 3.87. The second-order valence-corrected chi connectivity index (χ2v) is 16.7. The van der Waals surface area contributed by atoms with Crippen molar-refractivity contribution in [2.75, 3.05) is 28.4 Å². The van der Waals surface area contributed by atoms with Crippen molar-refractivity contribution in [1.82, 2.24) is 28.2 Å². The standard InChI is InChI=1S/C21H23N3O6S.C20H23N3O4S/c1-23-21(30-15-25)12-20(22-23)31(26,27)24(13-16-4-8-18(28-2)9-5-16)14-17-6-10-19(29-3)11-7-17;1-22-13-12-20(21-22)28(24,25)23(14-16-4-8-18(26-2)9-5-16)15-17-6-10-19(27-3)11-7-17/h4-12,15H,13-14H2,1-3H3;4-13H,14-15H2,1-3H3. The molecule has 0 atom stereocenters. The highest BCUT2D eigenvalue weighted by Crippen LogP contribution is 2.26. The number of ether oxygens (including phenoxy) is 5. The zero-order valence-corrected chi connectivity index (χ0v) is 35.1. The lowest BCUT2D eigenvalue weighted by molar-refractivity contribution is -0.121. The number of aromatic nitrogens is 4. The topological polar surface area (TPSA) is 174 Å². The van der Waals surface area contributed by atoms with Gasteiger partial charge in [-0.2, -0.15) is 18.8 Å². The van der Waals surface area contributed by atoms with Gasteiger partial charge in [-0.1, -0.05) is 48.5 Å². The minimum Gasteiger partial charge on any atom is -0.497 e. The molecule has 0 saturated heterocycles. The molecule has 312 valence electrons. The number of hydrogen-bond acceptors (Lipinski definition) is 12. The lowest BCUT2D eigenvalue weighted by Gasteiger charge is -2.21. The van der Waals surface area contributed by atoms with Gasteiger partial charge in [-0.3, -0.25) is 9.48 Å². The molecular weight excluding hydrogens is 801 g/mol. The number of hydrogen-bond donors (Lipinski definition) is 0. The molecular formula is C41H46N6O10S2. The lowest BCUT2D eigenvalue weighted by Crippen LogP contribution is -2.30. The van der Waals surface area contributed by atoms with Crippen LogP contribution in [0.5, 0.6) is 28.9 Å². The molecule has 18 heteroatoms. The summed E-state index contributed by atoms with van der Waals surface area (Å²) in [6.07, 6.45) is 1.62. The number of carbonyl (C=O) groups excluding carboxylic acids is 1. The van der Waals surface area contributed by atoms with Crippen molar-refractivity contribution < 1.29 is 45.3 Å². The van der Waals surface area contributed by atoms with Gasteiger partial charge in [-0.05, 0) is 76.9 Å². The van der Waals surface area contributed by atoms with Crippen LogP contribution in [0.25, 0.3) is 0 Å². The van der Waals surface area contributed by atoms with E-state index < -0.39 is 20.0 Å². The first kappa shape index (κ1) is 43.9. The maximum Gasteiger partial charge on any atom is 0.299 e. The molecule has 0 amide bonds. The van der Waals surface area contributed by atoms with Crippen LogP contribution in [0.1, 0.15) is 22.3 Å². The summed E-state index contributed by atoms with van der Waals surface area (Å²) < 4.78 is 84.1. The first-order valence-corrected chi connectivity index (χ1v) is 20.8. The molecule has 0 fully saturated rings. The molecule has 6 aromatic rings. The Hall–Kier alpha value is -6.21. The van der Waals surface area contributed by atoms with Crippen LogP contribution in [0, 0.1) is 0 Å². The van der Waals surface area contributed by atoms with Gasteiger partial charge in [0.1, 0.15) is 23.0 Å². The van der Waals surface area contributed by atoms with E-state index in [0.29, 0.717) is 11.5 Å². The number of rotatable bonds is 18. The van der Waals surface area contributed by atoms with Crippen LogP contribution in [0.2, 0.25) is 0 Å². The van der Waals surface area contributed by atoms with Crippen LogP contribution in [0.4, 0.5) is 0 Å². The highest BCUT2D eigenvalue weighted by atomic mass is 32.2. The van der Waals surface area contributed by atoms with Crippen LogP contribution < -0.4 is 23.7 Å². The highest BCUT2D eigenvalue weighted by Gasteiger charge is 2.30.